The lowest BCUT2D eigenvalue weighted by atomic mass is 9.98. The molecule has 110 valence electrons. The van der Waals surface area contributed by atoms with E-state index in [0.717, 1.165) is 45.2 Å². The Morgan fingerprint density at radius 3 is 2.26 bits per heavy atom. The highest BCUT2D eigenvalue weighted by molar-refractivity contribution is 5.78. The molecule has 0 radical (unpaired) electrons. The largest absolute Gasteiger partial charge is 0.343 e. The molecule has 2 unspecified atom stereocenters. The number of carbonyl (C=O) groups is 2. The molecule has 2 amide bonds. The standard InChI is InChI=1S/C15H28N2O2/c1-5-14(16(4)13(3)18)9-8-12(2)15(19)17-10-6-7-11-17/h12,14H,5-11H2,1-4H3. The zero-order chi connectivity index (χ0) is 14.4. The third-order valence-electron chi connectivity index (χ3n) is 4.29. The number of hydrogen-bond acceptors (Lipinski definition) is 2. The number of likely N-dealkylation sites (tertiary alicyclic amines) is 1. The fraction of sp³-hybridized carbons (Fsp3) is 0.867. The molecule has 4 nitrogen and oxygen atoms in total. The molecule has 0 aliphatic carbocycles. The second-order valence-corrected chi connectivity index (χ2v) is 5.70. The van der Waals surface area contributed by atoms with E-state index in [1.807, 2.05) is 18.9 Å². The minimum atomic E-state index is 0.0764. The molecule has 4 heteroatoms. The molecule has 1 aliphatic rings. The maximum Gasteiger partial charge on any atom is 0.225 e. The highest BCUT2D eigenvalue weighted by Crippen LogP contribution is 2.18. The Balaban J connectivity index is 2.40. The van der Waals surface area contributed by atoms with Crippen molar-refractivity contribution in [3.8, 4) is 0 Å². The fourth-order valence-corrected chi connectivity index (χ4v) is 2.74. The fourth-order valence-electron chi connectivity index (χ4n) is 2.74. The normalized spacial score (nSPS) is 18.2. The molecular formula is C15H28N2O2. The number of nitrogens with zero attached hydrogens (tertiary/aromatic N) is 2. The first-order valence-electron chi connectivity index (χ1n) is 7.49. The lowest BCUT2D eigenvalue weighted by Crippen LogP contribution is -2.37. The van der Waals surface area contributed by atoms with E-state index in [9.17, 15) is 9.59 Å². The molecule has 1 aliphatic heterocycles. The zero-order valence-corrected chi connectivity index (χ0v) is 12.8. The van der Waals surface area contributed by atoms with Crippen LogP contribution in [-0.4, -0.2) is 47.8 Å². The minimum Gasteiger partial charge on any atom is -0.343 e. The Morgan fingerprint density at radius 1 is 1.21 bits per heavy atom. The summed E-state index contributed by atoms with van der Waals surface area (Å²) < 4.78 is 0. The van der Waals surface area contributed by atoms with Gasteiger partial charge >= 0.3 is 0 Å². The molecule has 0 N–H and O–H groups in total. The first-order chi connectivity index (χ1) is 8.97. The second kappa shape index (κ2) is 7.51. The van der Waals surface area contributed by atoms with Crippen LogP contribution < -0.4 is 0 Å². The van der Waals surface area contributed by atoms with Gasteiger partial charge in [-0.05, 0) is 32.1 Å². The monoisotopic (exact) mass is 268 g/mol. The average molecular weight is 268 g/mol. The van der Waals surface area contributed by atoms with Crippen LogP contribution in [-0.2, 0) is 9.59 Å². The van der Waals surface area contributed by atoms with Crippen LogP contribution in [0.5, 0.6) is 0 Å². The second-order valence-electron chi connectivity index (χ2n) is 5.70. The van der Waals surface area contributed by atoms with E-state index in [0.29, 0.717) is 0 Å². The molecule has 2 atom stereocenters. The van der Waals surface area contributed by atoms with Gasteiger partial charge in [0.15, 0.2) is 0 Å². The molecule has 1 heterocycles. The van der Waals surface area contributed by atoms with Gasteiger partial charge in [-0.15, -0.1) is 0 Å². The smallest absolute Gasteiger partial charge is 0.225 e. The summed E-state index contributed by atoms with van der Waals surface area (Å²) in [6.07, 6.45) is 5.01. The Labute approximate surface area is 117 Å². The highest BCUT2D eigenvalue weighted by atomic mass is 16.2. The third kappa shape index (κ3) is 4.51. The molecule has 0 aromatic heterocycles. The third-order valence-corrected chi connectivity index (χ3v) is 4.29. The molecule has 0 saturated carbocycles. The van der Waals surface area contributed by atoms with Crippen LogP contribution >= 0.6 is 0 Å². The maximum absolute atomic E-state index is 12.2. The lowest BCUT2D eigenvalue weighted by Gasteiger charge is -2.28. The van der Waals surface area contributed by atoms with Crippen molar-refractivity contribution in [2.24, 2.45) is 5.92 Å². The molecule has 0 bridgehead atoms. The predicted molar refractivity (Wildman–Crippen MR) is 76.7 cm³/mol. The molecule has 0 spiro atoms. The first kappa shape index (κ1) is 16.0. The van der Waals surface area contributed by atoms with Crippen LogP contribution in [0.3, 0.4) is 0 Å². The summed E-state index contributed by atoms with van der Waals surface area (Å²) in [4.78, 5) is 27.4. The van der Waals surface area contributed by atoms with Gasteiger partial charge in [0.25, 0.3) is 0 Å². The molecule has 1 fully saturated rings. The summed E-state index contributed by atoms with van der Waals surface area (Å²) in [5, 5.41) is 0. The highest BCUT2D eigenvalue weighted by Gasteiger charge is 2.24. The Hall–Kier alpha value is -1.06. The van der Waals surface area contributed by atoms with E-state index in [-0.39, 0.29) is 23.8 Å². The van der Waals surface area contributed by atoms with Gasteiger partial charge in [0.05, 0.1) is 0 Å². The summed E-state index contributed by atoms with van der Waals surface area (Å²) in [5.41, 5.74) is 0. The molecule has 1 saturated heterocycles. The van der Waals surface area contributed by atoms with Crippen LogP contribution in [0, 0.1) is 5.92 Å². The van der Waals surface area contributed by atoms with Gasteiger partial charge in [-0.2, -0.15) is 0 Å². The Bertz CT molecular complexity index is 311. The van der Waals surface area contributed by atoms with Crippen molar-refractivity contribution in [1.82, 2.24) is 9.80 Å². The number of hydrogen-bond donors (Lipinski definition) is 0. The van der Waals surface area contributed by atoms with Crippen molar-refractivity contribution in [2.45, 2.75) is 58.9 Å². The maximum atomic E-state index is 12.2. The average Bonchev–Trinajstić information content (AvgIpc) is 2.91. The molecule has 19 heavy (non-hydrogen) atoms. The van der Waals surface area contributed by atoms with E-state index in [1.54, 1.807) is 11.8 Å². The first-order valence-corrected chi connectivity index (χ1v) is 7.49. The zero-order valence-electron chi connectivity index (χ0n) is 12.8. The number of rotatable bonds is 6. The van der Waals surface area contributed by atoms with Crippen LogP contribution in [0.4, 0.5) is 0 Å². The summed E-state index contributed by atoms with van der Waals surface area (Å²) in [6, 6.07) is 0.256. The van der Waals surface area contributed by atoms with E-state index in [4.69, 9.17) is 0 Å². The van der Waals surface area contributed by atoms with Gasteiger partial charge in [-0.3, -0.25) is 9.59 Å². The number of carbonyl (C=O) groups excluding carboxylic acids is 2. The van der Waals surface area contributed by atoms with Crippen molar-refractivity contribution in [3.05, 3.63) is 0 Å². The quantitative estimate of drug-likeness (QED) is 0.741. The summed E-state index contributed by atoms with van der Waals surface area (Å²) >= 11 is 0. The minimum absolute atomic E-state index is 0.0764. The van der Waals surface area contributed by atoms with Gasteiger partial charge in [0.1, 0.15) is 0 Å². The van der Waals surface area contributed by atoms with E-state index < -0.39 is 0 Å². The summed E-state index contributed by atoms with van der Waals surface area (Å²) in [7, 11) is 1.85. The molecule has 0 aromatic carbocycles. The van der Waals surface area contributed by atoms with Gasteiger partial charge < -0.3 is 9.80 Å². The lowest BCUT2D eigenvalue weighted by molar-refractivity contribution is -0.134. The predicted octanol–water partition coefficient (Wildman–Crippen LogP) is 2.28. The Morgan fingerprint density at radius 2 is 1.79 bits per heavy atom. The van der Waals surface area contributed by atoms with E-state index in [2.05, 4.69) is 6.92 Å². The Kier molecular flexibility index (Phi) is 6.32. The molecular weight excluding hydrogens is 240 g/mol. The van der Waals surface area contributed by atoms with E-state index in [1.165, 1.54) is 0 Å². The van der Waals surface area contributed by atoms with E-state index >= 15 is 0 Å². The van der Waals surface area contributed by atoms with Crippen LogP contribution in [0.2, 0.25) is 0 Å². The van der Waals surface area contributed by atoms with Crippen molar-refractivity contribution < 1.29 is 9.59 Å². The van der Waals surface area contributed by atoms with Crippen molar-refractivity contribution in [1.29, 1.82) is 0 Å². The van der Waals surface area contributed by atoms with Gasteiger partial charge in [-0.1, -0.05) is 13.8 Å². The van der Waals surface area contributed by atoms with Crippen molar-refractivity contribution >= 4 is 11.8 Å². The SMILES string of the molecule is CCC(CCC(C)C(=O)N1CCCC1)N(C)C(C)=O. The van der Waals surface area contributed by atoms with Gasteiger partial charge in [-0.25, -0.2) is 0 Å². The van der Waals surface area contributed by atoms with Crippen molar-refractivity contribution in [3.63, 3.8) is 0 Å². The van der Waals surface area contributed by atoms with Crippen LogP contribution in [0.1, 0.15) is 52.9 Å². The topological polar surface area (TPSA) is 40.6 Å². The number of amides is 2. The summed E-state index contributed by atoms with van der Waals surface area (Å²) in [6.45, 7) is 7.56. The van der Waals surface area contributed by atoms with Crippen molar-refractivity contribution in [2.75, 3.05) is 20.1 Å². The summed E-state index contributed by atoms with van der Waals surface area (Å²) in [5.74, 6) is 0.468. The molecule has 1 rings (SSSR count). The van der Waals surface area contributed by atoms with Crippen LogP contribution in [0.25, 0.3) is 0 Å². The van der Waals surface area contributed by atoms with Gasteiger partial charge in [0.2, 0.25) is 11.8 Å². The van der Waals surface area contributed by atoms with Crippen LogP contribution in [0.15, 0.2) is 0 Å². The molecule has 0 aromatic rings. The van der Waals surface area contributed by atoms with Gasteiger partial charge in [0, 0.05) is 39.0 Å².